The van der Waals surface area contributed by atoms with Gasteiger partial charge in [0.2, 0.25) is 0 Å². The Morgan fingerprint density at radius 2 is 2.13 bits per heavy atom. The van der Waals surface area contributed by atoms with Crippen LogP contribution in [0, 0.1) is 11.8 Å². The standard InChI is InChI=1S/C10H14BrN3O/c1-2-14-8(3-11)12-13-10(14)9-6-4-15-5-7(6)9/h6-7,9H,2-5H2,1H3. The fourth-order valence-corrected chi connectivity index (χ4v) is 3.08. The third kappa shape index (κ3) is 1.36. The molecule has 0 spiro atoms. The molecule has 2 heterocycles. The summed E-state index contributed by atoms with van der Waals surface area (Å²) in [5.41, 5.74) is 0. The van der Waals surface area contributed by atoms with Gasteiger partial charge in [-0.15, -0.1) is 10.2 Å². The van der Waals surface area contributed by atoms with Crippen LogP contribution in [-0.4, -0.2) is 28.0 Å². The molecule has 3 rings (SSSR count). The van der Waals surface area contributed by atoms with Crippen LogP contribution >= 0.6 is 15.9 Å². The second-order valence-electron chi connectivity index (χ2n) is 4.24. The van der Waals surface area contributed by atoms with Crippen LogP contribution in [0.3, 0.4) is 0 Å². The van der Waals surface area contributed by atoms with E-state index in [9.17, 15) is 0 Å². The Bertz CT molecular complexity index is 369. The first kappa shape index (κ1) is 9.78. The lowest BCUT2D eigenvalue weighted by molar-refractivity contribution is 0.159. The average Bonchev–Trinajstić information content (AvgIpc) is 2.73. The number of alkyl halides is 1. The Balaban J connectivity index is 1.89. The Morgan fingerprint density at radius 1 is 1.40 bits per heavy atom. The Morgan fingerprint density at radius 3 is 2.73 bits per heavy atom. The minimum Gasteiger partial charge on any atom is -0.381 e. The zero-order valence-corrected chi connectivity index (χ0v) is 10.3. The summed E-state index contributed by atoms with van der Waals surface area (Å²) in [6.07, 6.45) is 0. The summed E-state index contributed by atoms with van der Waals surface area (Å²) in [5.74, 6) is 4.24. The molecular formula is C10H14BrN3O. The number of ether oxygens (including phenoxy) is 1. The molecule has 1 saturated carbocycles. The van der Waals surface area contributed by atoms with Crippen LogP contribution in [0.1, 0.15) is 24.5 Å². The summed E-state index contributed by atoms with van der Waals surface area (Å²) in [6.45, 7) is 4.93. The molecule has 4 nitrogen and oxygen atoms in total. The molecular weight excluding hydrogens is 258 g/mol. The maximum Gasteiger partial charge on any atom is 0.143 e. The smallest absolute Gasteiger partial charge is 0.143 e. The molecule has 0 bridgehead atoms. The molecule has 15 heavy (non-hydrogen) atoms. The van der Waals surface area contributed by atoms with Crippen LogP contribution in [0.25, 0.3) is 0 Å². The van der Waals surface area contributed by atoms with Gasteiger partial charge in [-0.05, 0) is 18.8 Å². The number of halogens is 1. The second kappa shape index (κ2) is 3.56. The lowest BCUT2D eigenvalue weighted by Gasteiger charge is -2.07. The highest BCUT2D eigenvalue weighted by Crippen LogP contribution is 2.56. The Kier molecular flexibility index (Phi) is 2.32. The molecule has 82 valence electrons. The summed E-state index contributed by atoms with van der Waals surface area (Å²) in [5, 5.41) is 9.33. The number of hydrogen-bond acceptors (Lipinski definition) is 3. The van der Waals surface area contributed by atoms with Gasteiger partial charge >= 0.3 is 0 Å². The second-order valence-corrected chi connectivity index (χ2v) is 4.80. The number of hydrogen-bond donors (Lipinski definition) is 0. The van der Waals surface area contributed by atoms with Crippen molar-refractivity contribution in [2.24, 2.45) is 11.8 Å². The van der Waals surface area contributed by atoms with E-state index in [1.165, 1.54) is 5.82 Å². The lowest BCUT2D eigenvalue weighted by Crippen LogP contribution is -2.07. The summed E-state index contributed by atoms with van der Waals surface area (Å²) in [6, 6.07) is 0. The van der Waals surface area contributed by atoms with E-state index in [1.807, 2.05) is 0 Å². The molecule has 2 unspecified atom stereocenters. The molecule has 0 amide bonds. The number of fused-ring (bicyclic) bond motifs is 1. The van der Waals surface area contributed by atoms with E-state index in [0.717, 1.165) is 30.9 Å². The van der Waals surface area contributed by atoms with Crippen molar-refractivity contribution in [3.05, 3.63) is 11.6 Å². The molecule has 0 aromatic carbocycles. The lowest BCUT2D eigenvalue weighted by atomic mass is 10.3. The quantitative estimate of drug-likeness (QED) is 0.784. The SMILES string of the molecule is CCn1c(CBr)nnc1C1C2COCC21. The minimum absolute atomic E-state index is 0.610. The zero-order chi connectivity index (χ0) is 10.4. The third-order valence-corrected chi connectivity index (χ3v) is 4.04. The van der Waals surface area contributed by atoms with Crippen molar-refractivity contribution in [1.82, 2.24) is 14.8 Å². The zero-order valence-electron chi connectivity index (χ0n) is 8.69. The molecule has 2 atom stereocenters. The monoisotopic (exact) mass is 271 g/mol. The number of nitrogens with zero attached hydrogens (tertiary/aromatic N) is 3. The highest BCUT2D eigenvalue weighted by atomic mass is 79.9. The van der Waals surface area contributed by atoms with Gasteiger partial charge in [0, 0.05) is 12.5 Å². The Hall–Kier alpha value is -0.420. The van der Waals surface area contributed by atoms with Gasteiger partial charge in [0.1, 0.15) is 11.6 Å². The average molecular weight is 272 g/mol. The maximum atomic E-state index is 5.40. The molecule has 1 aliphatic carbocycles. The fraction of sp³-hybridized carbons (Fsp3) is 0.800. The van der Waals surface area contributed by atoms with E-state index in [0.29, 0.717) is 17.8 Å². The topological polar surface area (TPSA) is 39.9 Å². The predicted octanol–water partition coefficient (Wildman–Crippen LogP) is 1.55. The van der Waals surface area contributed by atoms with Crippen LogP contribution in [0.15, 0.2) is 0 Å². The van der Waals surface area contributed by atoms with Gasteiger partial charge in [0.15, 0.2) is 0 Å². The minimum atomic E-state index is 0.610. The number of rotatable bonds is 3. The summed E-state index contributed by atoms with van der Waals surface area (Å²) >= 11 is 3.45. The van der Waals surface area contributed by atoms with E-state index in [4.69, 9.17) is 4.74 Å². The molecule has 5 heteroatoms. The third-order valence-electron chi connectivity index (χ3n) is 3.54. The van der Waals surface area contributed by atoms with E-state index in [-0.39, 0.29) is 0 Å². The first-order valence-electron chi connectivity index (χ1n) is 5.42. The highest BCUT2D eigenvalue weighted by Gasteiger charge is 2.57. The molecule has 1 aromatic rings. The van der Waals surface area contributed by atoms with Crippen LogP contribution in [0.2, 0.25) is 0 Å². The molecule has 2 fully saturated rings. The van der Waals surface area contributed by atoms with Crippen molar-refractivity contribution in [1.29, 1.82) is 0 Å². The van der Waals surface area contributed by atoms with Gasteiger partial charge in [-0.3, -0.25) is 0 Å². The molecule has 2 aliphatic rings. The molecule has 1 aromatic heterocycles. The molecule has 1 saturated heterocycles. The van der Waals surface area contributed by atoms with Crippen LogP contribution < -0.4 is 0 Å². The van der Waals surface area contributed by atoms with Crippen molar-refractivity contribution >= 4 is 15.9 Å². The molecule has 0 N–H and O–H groups in total. The first-order valence-corrected chi connectivity index (χ1v) is 6.54. The largest absolute Gasteiger partial charge is 0.381 e. The van der Waals surface area contributed by atoms with E-state index >= 15 is 0 Å². The molecule has 1 aliphatic heterocycles. The summed E-state index contributed by atoms with van der Waals surface area (Å²) in [4.78, 5) is 0. The fourth-order valence-electron chi connectivity index (χ4n) is 2.66. The van der Waals surface area contributed by atoms with Gasteiger partial charge in [0.25, 0.3) is 0 Å². The first-order chi connectivity index (χ1) is 7.36. The van der Waals surface area contributed by atoms with Gasteiger partial charge in [-0.2, -0.15) is 0 Å². The maximum absolute atomic E-state index is 5.40. The van der Waals surface area contributed by atoms with E-state index < -0.39 is 0 Å². The van der Waals surface area contributed by atoms with Crippen molar-refractivity contribution < 1.29 is 4.74 Å². The van der Waals surface area contributed by atoms with Crippen molar-refractivity contribution in [2.45, 2.75) is 24.7 Å². The number of aromatic nitrogens is 3. The van der Waals surface area contributed by atoms with Gasteiger partial charge in [0.05, 0.1) is 18.5 Å². The normalized spacial score (nSPS) is 33.1. The van der Waals surface area contributed by atoms with Gasteiger partial charge in [-0.1, -0.05) is 15.9 Å². The Labute approximate surface area is 97.1 Å². The van der Waals surface area contributed by atoms with Crippen molar-refractivity contribution in [2.75, 3.05) is 13.2 Å². The molecule has 0 radical (unpaired) electrons. The predicted molar refractivity (Wildman–Crippen MR) is 58.9 cm³/mol. The van der Waals surface area contributed by atoms with Crippen LogP contribution in [-0.2, 0) is 16.6 Å². The van der Waals surface area contributed by atoms with Crippen molar-refractivity contribution in [3.63, 3.8) is 0 Å². The van der Waals surface area contributed by atoms with E-state index in [2.05, 4.69) is 37.6 Å². The summed E-state index contributed by atoms with van der Waals surface area (Å²) in [7, 11) is 0. The van der Waals surface area contributed by atoms with E-state index in [1.54, 1.807) is 0 Å². The van der Waals surface area contributed by atoms with Crippen molar-refractivity contribution in [3.8, 4) is 0 Å². The van der Waals surface area contributed by atoms with Crippen LogP contribution in [0.5, 0.6) is 0 Å². The van der Waals surface area contributed by atoms with Gasteiger partial charge < -0.3 is 9.30 Å². The summed E-state index contributed by atoms with van der Waals surface area (Å²) < 4.78 is 7.63. The highest BCUT2D eigenvalue weighted by molar-refractivity contribution is 9.08. The van der Waals surface area contributed by atoms with Crippen LogP contribution in [0.4, 0.5) is 0 Å². The van der Waals surface area contributed by atoms with Gasteiger partial charge in [-0.25, -0.2) is 0 Å².